The molecular formula is C22H24FNO2. The lowest BCUT2D eigenvalue weighted by atomic mass is 9.95. The van der Waals surface area contributed by atoms with Gasteiger partial charge in [0.15, 0.2) is 0 Å². The summed E-state index contributed by atoms with van der Waals surface area (Å²) in [5, 5.41) is 12.5. The number of halogens is 1. The highest BCUT2D eigenvalue weighted by atomic mass is 19.1. The molecule has 0 saturated heterocycles. The largest absolute Gasteiger partial charge is 0.389 e. The van der Waals surface area contributed by atoms with Gasteiger partial charge in [-0.05, 0) is 50.6 Å². The minimum atomic E-state index is -0.962. The van der Waals surface area contributed by atoms with Crippen molar-refractivity contribution in [1.82, 2.24) is 5.32 Å². The molecule has 4 heteroatoms. The lowest BCUT2D eigenvalue weighted by Crippen LogP contribution is -2.39. The van der Waals surface area contributed by atoms with Crippen molar-refractivity contribution >= 4 is 5.91 Å². The molecule has 1 amide bonds. The third kappa shape index (κ3) is 6.02. The molecule has 136 valence electrons. The molecule has 1 unspecified atom stereocenters. The maximum atomic E-state index is 13.2. The summed E-state index contributed by atoms with van der Waals surface area (Å²) in [5.41, 5.74) is 1.02. The van der Waals surface area contributed by atoms with E-state index in [2.05, 4.69) is 17.2 Å². The van der Waals surface area contributed by atoms with Crippen molar-refractivity contribution in [3.63, 3.8) is 0 Å². The Kier molecular flexibility index (Phi) is 6.54. The Balaban J connectivity index is 2.20. The van der Waals surface area contributed by atoms with Crippen molar-refractivity contribution in [1.29, 1.82) is 0 Å². The van der Waals surface area contributed by atoms with Crippen LogP contribution in [-0.4, -0.2) is 23.2 Å². The summed E-state index contributed by atoms with van der Waals surface area (Å²) in [6.45, 7) is 5.48. The zero-order valence-corrected chi connectivity index (χ0v) is 15.3. The molecule has 0 radical (unpaired) electrons. The van der Waals surface area contributed by atoms with Crippen molar-refractivity contribution < 1.29 is 14.3 Å². The van der Waals surface area contributed by atoms with Crippen LogP contribution in [0.25, 0.3) is 0 Å². The smallest absolute Gasteiger partial charge is 0.247 e. The predicted molar refractivity (Wildman–Crippen MR) is 102 cm³/mol. The van der Waals surface area contributed by atoms with Crippen LogP contribution in [0.2, 0.25) is 0 Å². The highest BCUT2D eigenvalue weighted by Gasteiger charge is 2.20. The highest BCUT2D eigenvalue weighted by Crippen LogP contribution is 2.21. The van der Waals surface area contributed by atoms with Crippen LogP contribution < -0.4 is 5.32 Å². The minimum absolute atomic E-state index is 0.0264. The predicted octanol–water partition coefficient (Wildman–Crippen LogP) is 3.51. The monoisotopic (exact) mass is 353 g/mol. The maximum Gasteiger partial charge on any atom is 0.247 e. The fourth-order valence-corrected chi connectivity index (χ4v) is 2.47. The van der Waals surface area contributed by atoms with Gasteiger partial charge in [0.1, 0.15) is 5.82 Å². The second kappa shape index (κ2) is 8.64. The Morgan fingerprint density at radius 1 is 1.31 bits per heavy atom. The maximum absolute atomic E-state index is 13.2. The van der Waals surface area contributed by atoms with Crippen molar-refractivity contribution in [2.75, 3.05) is 6.54 Å². The summed E-state index contributed by atoms with van der Waals surface area (Å²) in [5.74, 6) is 5.40. The van der Waals surface area contributed by atoms with Gasteiger partial charge in [-0.15, -0.1) is 0 Å². The van der Waals surface area contributed by atoms with Gasteiger partial charge in [0.25, 0.3) is 0 Å². The van der Waals surface area contributed by atoms with E-state index in [-0.39, 0.29) is 24.2 Å². The molecule has 0 aromatic heterocycles. The van der Waals surface area contributed by atoms with Gasteiger partial charge in [0.05, 0.1) is 5.60 Å². The number of nitrogens with one attached hydrogen (secondary N) is 1. The van der Waals surface area contributed by atoms with Gasteiger partial charge in [-0.3, -0.25) is 4.79 Å². The van der Waals surface area contributed by atoms with E-state index in [1.807, 2.05) is 19.1 Å². The lowest BCUT2D eigenvalue weighted by Gasteiger charge is -2.20. The molecule has 1 atom stereocenters. The van der Waals surface area contributed by atoms with E-state index < -0.39 is 5.60 Å². The average Bonchev–Trinajstić information content (AvgIpc) is 2.79. The van der Waals surface area contributed by atoms with Crippen LogP contribution in [-0.2, 0) is 4.79 Å². The van der Waals surface area contributed by atoms with Gasteiger partial charge in [-0.25, -0.2) is 4.39 Å². The number of carbonyl (C=O) groups excluding carboxylic acids is 1. The van der Waals surface area contributed by atoms with Crippen LogP contribution in [0.5, 0.6) is 0 Å². The number of hydrogen-bond donors (Lipinski definition) is 2. The number of amides is 1. The Labute approximate surface area is 154 Å². The van der Waals surface area contributed by atoms with Crippen LogP contribution in [0.4, 0.5) is 4.39 Å². The first kappa shape index (κ1) is 19.7. The standard InChI is InChI=1S/C22H24FNO2/c1-4-18-12-10-16(8-9-17-6-5-7-19(23)14-17)11-13-20(18)21(25)24-15-22(2,3)26/h5-7,10-14,18,26H,4,15H2,1-3H3,(H,24,25). The lowest BCUT2D eigenvalue weighted by molar-refractivity contribution is -0.118. The van der Waals surface area contributed by atoms with E-state index in [0.717, 1.165) is 12.0 Å². The minimum Gasteiger partial charge on any atom is -0.389 e. The van der Waals surface area contributed by atoms with Gasteiger partial charge in [-0.2, -0.15) is 0 Å². The summed E-state index contributed by atoms with van der Waals surface area (Å²) in [7, 11) is 0. The van der Waals surface area contributed by atoms with Crippen LogP contribution >= 0.6 is 0 Å². The van der Waals surface area contributed by atoms with Crippen LogP contribution in [0.3, 0.4) is 0 Å². The molecule has 0 fully saturated rings. The first-order valence-corrected chi connectivity index (χ1v) is 8.67. The molecule has 0 bridgehead atoms. The molecule has 26 heavy (non-hydrogen) atoms. The zero-order valence-electron chi connectivity index (χ0n) is 15.3. The van der Waals surface area contributed by atoms with Gasteiger partial charge in [0.2, 0.25) is 5.91 Å². The summed E-state index contributed by atoms with van der Waals surface area (Å²) in [4.78, 5) is 12.5. The second-order valence-corrected chi connectivity index (χ2v) is 6.87. The summed E-state index contributed by atoms with van der Waals surface area (Å²) in [6.07, 6.45) is 8.17. The van der Waals surface area contributed by atoms with Crippen LogP contribution in [0.1, 0.15) is 32.8 Å². The molecule has 1 aliphatic rings. The number of hydrogen-bond acceptors (Lipinski definition) is 2. The molecule has 1 aliphatic carbocycles. The van der Waals surface area contributed by atoms with Crippen molar-refractivity contribution in [2.45, 2.75) is 32.8 Å². The van der Waals surface area contributed by atoms with Crippen LogP contribution in [0, 0.1) is 23.6 Å². The summed E-state index contributed by atoms with van der Waals surface area (Å²) >= 11 is 0. The second-order valence-electron chi connectivity index (χ2n) is 6.87. The Morgan fingerprint density at radius 2 is 2.08 bits per heavy atom. The molecule has 2 rings (SSSR count). The molecule has 1 aromatic carbocycles. The average molecular weight is 353 g/mol. The molecule has 0 aliphatic heterocycles. The molecular weight excluding hydrogens is 329 g/mol. The molecule has 3 nitrogen and oxygen atoms in total. The zero-order chi connectivity index (χ0) is 19.2. The number of aliphatic hydroxyl groups is 1. The Bertz CT molecular complexity index is 817. The third-order valence-electron chi connectivity index (χ3n) is 3.91. The number of benzene rings is 1. The first-order valence-electron chi connectivity index (χ1n) is 8.67. The fourth-order valence-electron chi connectivity index (χ4n) is 2.47. The summed E-state index contributed by atoms with van der Waals surface area (Å²) < 4.78 is 13.2. The van der Waals surface area contributed by atoms with Crippen LogP contribution in [0.15, 0.2) is 59.7 Å². The Hall–Kier alpha value is -2.64. The quantitative estimate of drug-likeness (QED) is 0.814. The number of rotatable bonds is 4. The molecule has 0 saturated carbocycles. The van der Waals surface area contributed by atoms with Gasteiger partial charge in [-0.1, -0.05) is 37.0 Å². The first-order chi connectivity index (χ1) is 12.3. The van der Waals surface area contributed by atoms with E-state index in [9.17, 15) is 14.3 Å². The molecule has 0 spiro atoms. The Morgan fingerprint density at radius 3 is 2.73 bits per heavy atom. The van der Waals surface area contributed by atoms with Crippen molar-refractivity contribution in [3.05, 3.63) is 71.1 Å². The highest BCUT2D eigenvalue weighted by molar-refractivity contribution is 5.94. The number of allylic oxidation sites excluding steroid dienone is 5. The van der Waals surface area contributed by atoms with E-state index in [1.165, 1.54) is 12.1 Å². The topological polar surface area (TPSA) is 49.3 Å². The van der Waals surface area contributed by atoms with Crippen molar-refractivity contribution in [2.24, 2.45) is 5.92 Å². The normalized spacial score (nSPS) is 16.7. The van der Waals surface area contributed by atoms with Crippen molar-refractivity contribution in [3.8, 4) is 11.8 Å². The van der Waals surface area contributed by atoms with Gasteiger partial charge < -0.3 is 10.4 Å². The van der Waals surface area contributed by atoms with E-state index in [1.54, 1.807) is 38.1 Å². The molecule has 1 aromatic rings. The van der Waals surface area contributed by atoms with E-state index in [0.29, 0.717) is 11.1 Å². The number of carbonyl (C=O) groups is 1. The van der Waals surface area contributed by atoms with E-state index in [4.69, 9.17) is 0 Å². The third-order valence-corrected chi connectivity index (χ3v) is 3.91. The van der Waals surface area contributed by atoms with Gasteiger partial charge >= 0.3 is 0 Å². The molecule has 2 N–H and O–H groups in total. The molecule has 0 heterocycles. The summed E-state index contributed by atoms with van der Waals surface area (Å²) in [6, 6.07) is 6.13. The van der Waals surface area contributed by atoms with Gasteiger partial charge in [0, 0.05) is 29.2 Å². The van der Waals surface area contributed by atoms with E-state index >= 15 is 0 Å². The SMILES string of the molecule is CCC1C=CC(C#Cc2cccc(F)c2)=CC=C1C(=O)NCC(C)(C)O. The fraction of sp³-hybridized carbons (Fsp3) is 0.318.